The molecule has 1 aliphatic rings. The van der Waals surface area contributed by atoms with Crippen LogP contribution in [-0.4, -0.2) is 52.3 Å². The molecule has 0 saturated carbocycles. The van der Waals surface area contributed by atoms with Gasteiger partial charge in [0.15, 0.2) is 5.03 Å². The molecule has 1 saturated heterocycles. The molecule has 4 rings (SSSR count). The van der Waals surface area contributed by atoms with E-state index in [0.29, 0.717) is 18.1 Å². The number of para-hydroxylation sites is 2. The summed E-state index contributed by atoms with van der Waals surface area (Å²) in [7, 11) is 0. The van der Waals surface area contributed by atoms with E-state index >= 15 is 0 Å². The predicted octanol–water partition coefficient (Wildman–Crippen LogP) is 3.84. The molecule has 174 valence electrons. The van der Waals surface area contributed by atoms with E-state index in [1.54, 1.807) is 4.57 Å². The van der Waals surface area contributed by atoms with Crippen molar-refractivity contribution in [3.8, 4) is 0 Å². The normalized spacial score (nSPS) is 14.8. The van der Waals surface area contributed by atoms with Crippen molar-refractivity contribution in [3.05, 3.63) is 70.0 Å². The zero-order valence-electron chi connectivity index (χ0n) is 19.3. The highest BCUT2D eigenvalue weighted by Crippen LogP contribution is 2.18. The molecule has 33 heavy (non-hydrogen) atoms. The van der Waals surface area contributed by atoms with Crippen LogP contribution in [0.3, 0.4) is 0 Å². The topological polar surface area (TPSA) is 67.2 Å². The molecule has 1 fully saturated rings. The van der Waals surface area contributed by atoms with Crippen LogP contribution in [0.5, 0.6) is 0 Å². The van der Waals surface area contributed by atoms with Crippen LogP contribution in [0.2, 0.25) is 0 Å². The van der Waals surface area contributed by atoms with Gasteiger partial charge in [-0.1, -0.05) is 66.6 Å². The number of hydrogen-bond donors (Lipinski definition) is 1. The second kappa shape index (κ2) is 11.5. The summed E-state index contributed by atoms with van der Waals surface area (Å²) < 4.78 is 1.76. The Morgan fingerprint density at radius 3 is 2.52 bits per heavy atom. The number of rotatable bonds is 8. The van der Waals surface area contributed by atoms with Crippen molar-refractivity contribution in [2.75, 3.05) is 31.9 Å². The molecular weight excluding hydrogens is 432 g/mol. The number of benzene rings is 2. The molecule has 0 atom stereocenters. The maximum absolute atomic E-state index is 13.3. The summed E-state index contributed by atoms with van der Waals surface area (Å²) in [6.45, 7) is 6.28. The Hall–Kier alpha value is -2.64. The fourth-order valence-corrected chi connectivity index (χ4v) is 4.96. The van der Waals surface area contributed by atoms with E-state index in [-0.39, 0.29) is 17.2 Å². The van der Waals surface area contributed by atoms with Crippen molar-refractivity contribution in [3.63, 3.8) is 0 Å². The van der Waals surface area contributed by atoms with Crippen LogP contribution in [0.25, 0.3) is 11.0 Å². The van der Waals surface area contributed by atoms with Gasteiger partial charge in [-0.2, -0.15) is 0 Å². The predicted molar refractivity (Wildman–Crippen MR) is 135 cm³/mol. The Balaban J connectivity index is 1.42. The minimum Gasteiger partial charge on any atom is -0.354 e. The number of carbonyl (C=O) groups is 1. The molecule has 0 aliphatic carbocycles. The van der Waals surface area contributed by atoms with Gasteiger partial charge in [-0.15, -0.1) is 0 Å². The second-order valence-electron chi connectivity index (χ2n) is 8.68. The van der Waals surface area contributed by atoms with Crippen LogP contribution in [0.1, 0.15) is 36.8 Å². The van der Waals surface area contributed by atoms with Crippen LogP contribution in [-0.2, 0) is 11.3 Å². The van der Waals surface area contributed by atoms with E-state index in [1.807, 2.05) is 43.3 Å². The number of nitrogens with zero attached hydrogens (tertiary/aromatic N) is 3. The van der Waals surface area contributed by atoms with E-state index in [4.69, 9.17) is 0 Å². The Labute approximate surface area is 199 Å². The Morgan fingerprint density at radius 1 is 1.03 bits per heavy atom. The first-order chi connectivity index (χ1) is 16.1. The Kier molecular flexibility index (Phi) is 8.18. The lowest BCUT2D eigenvalue weighted by Gasteiger charge is -2.19. The maximum Gasteiger partial charge on any atom is 0.283 e. The standard InChI is InChI=1S/C26H32N4O2S/c1-20-10-12-21(13-11-20)18-30-23-9-5-4-8-22(23)28-25(26(30)32)33-19-24(31)27-14-17-29-15-6-2-3-7-16-29/h4-5,8-13H,2-3,6-7,14-19H2,1H3,(H,27,31). The summed E-state index contributed by atoms with van der Waals surface area (Å²) in [4.78, 5) is 32.7. The minimum absolute atomic E-state index is 0.0609. The molecule has 7 heteroatoms. The molecule has 0 spiro atoms. The number of amides is 1. The summed E-state index contributed by atoms with van der Waals surface area (Å²) in [5.74, 6) is 0.125. The van der Waals surface area contributed by atoms with Gasteiger partial charge in [-0.3, -0.25) is 14.2 Å². The monoisotopic (exact) mass is 464 g/mol. The second-order valence-corrected chi connectivity index (χ2v) is 9.64. The molecule has 0 radical (unpaired) electrons. The molecule has 3 aromatic rings. The lowest BCUT2D eigenvalue weighted by atomic mass is 10.1. The minimum atomic E-state index is -0.156. The first-order valence-electron chi connectivity index (χ1n) is 11.8. The average Bonchev–Trinajstić information content (AvgIpc) is 3.10. The van der Waals surface area contributed by atoms with E-state index in [0.717, 1.165) is 36.2 Å². The van der Waals surface area contributed by atoms with Gasteiger partial charge in [0.25, 0.3) is 5.56 Å². The van der Waals surface area contributed by atoms with Crippen LogP contribution < -0.4 is 10.9 Å². The van der Waals surface area contributed by atoms with Crippen LogP contribution in [0.15, 0.2) is 58.4 Å². The van der Waals surface area contributed by atoms with Crippen LogP contribution in [0.4, 0.5) is 0 Å². The van der Waals surface area contributed by atoms with Crippen molar-refractivity contribution >= 4 is 28.7 Å². The number of carbonyl (C=O) groups excluding carboxylic acids is 1. The van der Waals surface area contributed by atoms with Gasteiger partial charge >= 0.3 is 0 Å². The fourth-order valence-electron chi connectivity index (χ4n) is 4.19. The van der Waals surface area contributed by atoms with Crippen molar-refractivity contribution in [1.82, 2.24) is 19.8 Å². The third-order valence-electron chi connectivity index (χ3n) is 6.07. The van der Waals surface area contributed by atoms with Gasteiger partial charge in [0.1, 0.15) is 0 Å². The first kappa shape index (κ1) is 23.5. The summed E-state index contributed by atoms with van der Waals surface area (Å²) in [5, 5.41) is 3.36. The van der Waals surface area contributed by atoms with Gasteiger partial charge in [-0.25, -0.2) is 4.98 Å². The maximum atomic E-state index is 13.3. The fraction of sp³-hybridized carbons (Fsp3) is 0.423. The number of fused-ring (bicyclic) bond motifs is 1. The lowest BCUT2D eigenvalue weighted by Crippen LogP contribution is -2.36. The molecule has 0 unspecified atom stereocenters. The molecule has 0 bridgehead atoms. The molecule has 1 aromatic heterocycles. The van der Waals surface area contributed by atoms with Crippen LogP contribution >= 0.6 is 11.8 Å². The molecule has 1 aliphatic heterocycles. The highest BCUT2D eigenvalue weighted by atomic mass is 32.2. The highest BCUT2D eigenvalue weighted by Gasteiger charge is 2.14. The third kappa shape index (κ3) is 6.45. The first-order valence-corrected chi connectivity index (χ1v) is 12.8. The van der Waals surface area contributed by atoms with Gasteiger partial charge in [0.2, 0.25) is 5.91 Å². The van der Waals surface area contributed by atoms with Gasteiger partial charge in [0, 0.05) is 13.1 Å². The molecule has 2 heterocycles. The Morgan fingerprint density at radius 2 is 1.76 bits per heavy atom. The molecule has 1 amide bonds. The largest absolute Gasteiger partial charge is 0.354 e. The van der Waals surface area contributed by atoms with Crippen molar-refractivity contribution in [1.29, 1.82) is 0 Å². The summed E-state index contributed by atoms with van der Waals surface area (Å²) in [5.41, 5.74) is 3.64. The highest BCUT2D eigenvalue weighted by molar-refractivity contribution is 7.99. The number of aromatic nitrogens is 2. The van der Waals surface area contributed by atoms with E-state index in [1.165, 1.54) is 43.0 Å². The van der Waals surface area contributed by atoms with E-state index < -0.39 is 0 Å². The van der Waals surface area contributed by atoms with Crippen molar-refractivity contribution in [2.24, 2.45) is 0 Å². The molecule has 6 nitrogen and oxygen atoms in total. The van der Waals surface area contributed by atoms with Gasteiger partial charge < -0.3 is 10.2 Å². The number of aryl methyl sites for hydroxylation is 1. The van der Waals surface area contributed by atoms with Gasteiger partial charge in [-0.05, 0) is 50.6 Å². The molecular formula is C26H32N4O2S. The SMILES string of the molecule is Cc1ccc(Cn2c(=O)c(SCC(=O)NCCN3CCCCCC3)nc3ccccc32)cc1. The van der Waals surface area contributed by atoms with E-state index in [2.05, 4.69) is 27.3 Å². The molecule has 1 N–H and O–H groups in total. The number of thioether (sulfide) groups is 1. The third-order valence-corrected chi connectivity index (χ3v) is 7.02. The zero-order valence-corrected chi connectivity index (χ0v) is 20.1. The zero-order chi connectivity index (χ0) is 23.0. The summed E-state index contributed by atoms with van der Waals surface area (Å²) in [6, 6.07) is 15.8. The van der Waals surface area contributed by atoms with E-state index in [9.17, 15) is 9.59 Å². The van der Waals surface area contributed by atoms with Crippen molar-refractivity contribution < 1.29 is 4.79 Å². The smallest absolute Gasteiger partial charge is 0.283 e. The summed E-state index contributed by atoms with van der Waals surface area (Å²) in [6.07, 6.45) is 5.10. The number of nitrogens with one attached hydrogen (secondary N) is 1. The molecule has 2 aromatic carbocycles. The van der Waals surface area contributed by atoms with Crippen molar-refractivity contribution in [2.45, 2.75) is 44.2 Å². The van der Waals surface area contributed by atoms with Crippen LogP contribution in [0, 0.1) is 6.92 Å². The lowest BCUT2D eigenvalue weighted by molar-refractivity contribution is -0.118. The summed E-state index contributed by atoms with van der Waals surface area (Å²) >= 11 is 1.22. The Bertz CT molecular complexity index is 1140. The number of hydrogen-bond acceptors (Lipinski definition) is 5. The van der Waals surface area contributed by atoms with Gasteiger partial charge in [0.05, 0.1) is 23.3 Å². The average molecular weight is 465 g/mol. The number of likely N-dealkylation sites (tertiary alicyclic amines) is 1. The quantitative estimate of drug-likeness (QED) is 0.513.